The maximum Gasteiger partial charge on any atom is 0.239 e. The Bertz CT molecular complexity index is 2180. The van der Waals surface area contributed by atoms with Gasteiger partial charge in [0, 0.05) is 32.6 Å². The van der Waals surface area contributed by atoms with E-state index in [2.05, 4.69) is 146 Å². The van der Waals surface area contributed by atoms with E-state index < -0.39 is 0 Å². The molecular weight excluding hydrogens is 629 g/mol. The fraction of sp³-hybridized carbons (Fsp3) is 0.170. The summed E-state index contributed by atoms with van der Waals surface area (Å²) in [5.41, 5.74) is 15.9. The number of benzene rings is 4. The lowest BCUT2D eigenvalue weighted by atomic mass is 9.97. The first-order chi connectivity index (χ1) is 24.3. The lowest BCUT2D eigenvalue weighted by Gasteiger charge is -2.21. The molecule has 0 saturated heterocycles. The Morgan fingerprint density at radius 2 is 1.29 bits per heavy atom. The number of thioether (sulfide) groups is 1. The molecule has 238 valence electrons. The maximum atomic E-state index is 2.67. The fourth-order valence-corrected chi connectivity index (χ4v) is 10.7. The summed E-state index contributed by atoms with van der Waals surface area (Å²) in [5.74, 6) is 0.612. The SMILES string of the molecule is C1=C(c2ccccc2)SC2=C(/C=C3\CCC(/C=C4\CCc5c(-c6ccccc6)cc(-c6ccccc6)[s+]c54)C3)CCC2=C1c1ccccc1. The lowest BCUT2D eigenvalue weighted by molar-refractivity contribution is 0.694. The second kappa shape index (κ2) is 13.4. The lowest BCUT2D eigenvalue weighted by Crippen LogP contribution is -1.96. The van der Waals surface area contributed by atoms with Gasteiger partial charge in [0.25, 0.3) is 0 Å². The van der Waals surface area contributed by atoms with Crippen molar-refractivity contribution in [3.05, 3.63) is 189 Å². The molecule has 5 aromatic rings. The number of fused-ring (bicyclic) bond motifs is 2. The van der Waals surface area contributed by atoms with Crippen molar-refractivity contribution in [2.45, 2.75) is 44.9 Å². The van der Waals surface area contributed by atoms with Crippen LogP contribution in [0.2, 0.25) is 0 Å². The van der Waals surface area contributed by atoms with Gasteiger partial charge in [0.2, 0.25) is 21.1 Å². The first-order valence-corrected chi connectivity index (χ1v) is 19.4. The average Bonchev–Trinajstić information content (AvgIpc) is 3.91. The van der Waals surface area contributed by atoms with Crippen LogP contribution in [-0.2, 0) is 6.42 Å². The quantitative estimate of drug-likeness (QED) is 0.162. The number of allylic oxidation sites excluding steroid dienone is 8. The molecule has 49 heavy (non-hydrogen) atoms. The summed E-state index contributed by atoms with van der Waals surface area (Å²) in [7, 11) is 0. The second-order valence-corrected chi connectivity index (χ2v) is 15.8. The van der Waals surface area contributed by atoms with Gasteiger partial charge in [-0.2, -0.15) is 0 Å². The molecular formula is C47H39S2+. The van der Waals surface area contributed by atoms with Crippen molar-refractivity contribution in [1.82, 2.24) is 0 Å². The van der Waals surface area contributed by atoms with Gasteiger partial charge in [-0.1, -0.05) is 139 Å². The third kappa shape index (κ3) is 6.14. The van der Waals surface area contributed by atoms with Gasteiger partial charge in [-0.3, -0.25) is 0 Å². The molecule has 3 aliphatic carbocycles. The van der Waals surface area contributed by atoms with E-state index in [1.54, 1.807) is 22.3 Å². The highest BCUT2D eigenvalue weighted by molar-refractivity contribution is 8.12. The molecule has 9 rings (SSSR count). The normalized spacial score (nSPS) is 20.2. The van der Waals surface area contributed by atoms with Crippen LogP contribution in [0.5, 0.6) is 0 Å². The Balaban J connectivity index is 1.03. The molecule has 1 aromatic heterocycles. The van der Waals surface area contributed by atoms with Crippen LogP contribution in [0, 0.1) is 5.92 Å². The second-order valence-electron chi connectivity index (χ2n) is 13.7. The smallest absolute Gasteiger partial charge is 0.0888 e. The first-order valence-electron chi connectivity index (χ1n) is 17.8. The van der Waals surface area contributed by atoms with Gasteiger partial charge in [0.15, 0.2) is 0 Å². The molecule has 0 amide bonds. The van der Waals surface area contributed by atoms with E-state index in [1.807, 2.05) is 23.1 Å². The third-order valence-electron chi connectivity index (χ3n) is 10.5. The standard InChI is InChI=1S/C47H39S2/c1-5-13-34(14-6-1)42-30-44(36-17-9-3-10-18-36)48-46-38(23-25-40(42)46)28-32-21-22-33(27-32)29-39-24-26-41-43(35-15-7-2-8-16-35)31-45(49-47(39)41)37-19-11-4-12-20-37/h1-20,28-32H,21-27H2/q+1/b33-29+,38-28+. The minimum atomic E-state index is 0.612. The Hall–Kier alpha value is -4.50. The van der Waals surface area contributed by atoms with Crippen LogP contribution in [0.1, 0.15) is 60.1 Å². The molecule has 0 radical (unpaired) electrons. The zero-order chi connectivity index (χ0) is 32.6. The molecule has 1 saturated carbocycles. The highest BCUT2D eigenvalue weighted by atomic mass is 32.2. The largest absolute Gasteiger partial charge is 0.239 e. The molecule has 4 aliphatic rings. The molecule has 0 N–H and O–H groups in total. The predicted octanol–water partition coefficient (Wildman–Crippen LogP) is 13.7. The van der Waals surface area contributed by atoms with Gasteiger partial charge in [0.1, 0.15) is 0 Å². The van der Waals surface area contributed by atoms with Crippen molar-refractivity contribution in [3.63, 3.8) is 0 Å². The summed E-state index contributed by atoms with van der Waals surface area (Å²) in [6, 6.07) is 46.3. The van der Waals surface area contributed by atoms with E-state index in [0.717, 1.165) is 25.7 Å². The summed E-state index contributed by atoms with van der Waals surface area (Å²) in [5, 5.41) is 0. The van der Waals surface area contributed by atoms with Crippen LogP contribution >= 0.6 is 23.1 Å². The van der Waals surface area contributed by atoms with Crippen LogP contribution < -0.4 is 0 Å². The molecule has 0 nitrogen and oxygen atoms in total. The third-order valence-corrected chi connectivity index (χ3v) is 13.1. The van der Waals surface area contributed by atoms with Gasteiger partial charge in [0.05, 0.1) is 0 Å². The van der Waals surface area contributed by atoms with Crippen LogP contribution in [0.15, 0.2) is 167 Å². The predicted molar refractivity (Wildman–Crippen MR) is 213 cm³/mol. The first kappa shape index (κ1) is 30.6. The van der Waals surface area contributed by atoms with Crippen molar-refractivity contribution < 1.29 is 0 Å². The highest BCUT2D eigenvalue weighted by Crippen LogP contribution is 2.53. The van der Waals surface area contributed by atoms with E-state index in [9.17, 15) is 0 Å². The molecule has 1 atom stereocenters. The summed E-state index contributed by atoms with van der Waals surface area (Å²) in [4.78, 5) is 5.74. The van der Waals surface area contributed by atoms with Crippen molar-refractivity contribution in [1.29, 1.82) is 0 Å². The van der Waals surface area contributed by atoms with E-state index in [0.29, 0.717) is 5.92 Å². The van der Waals surface area contributed by atoms with Gasteiger partial charge < -0.3 is 0 Å². The Morgan fingerprint density at radius 1 is 0.633 bits per heavy atom. The van der Waals surface area contributed by atoms with Crippen LogP contribution in [0.3, 0.4) is 0 Å². The summed E-state index contributed by atoms with van der Waals surface area (Å²) in [6.45, 7) is 0. The molecule has 1 fully saturated rings. The van der Waals surface area contributed by atoms with Crippen molar-refractivity contribution >= 4 is 39.2 Å². The Morgan fingerprint density at radius 3 is 2.00 bits per heavy atom. The zero-order valence-electron chi connectivity index (χ0n) is 27.7. The minimum Gasteiger partial charge on any atom is -0.0888 e. The highest BCUT2D eigenvalue weighted by Gasteiger charge is 2.33. The van der Waals surface area contributed by atoms with Gasteiger partial charge in [-0.25, -0.2) is 0 Å². The summed E-state index contributed by atoms with van der Waals surface area (Å²) >= 11 is 3.99. The Kier molecular flexibility index (Phi) is 8.37. The topological polar surface area (TPSA) is 0 Å². The zero-order valence-corrected chi connectivity index (χ0v) is 29.3. The molecule has 2 heterocycles. The van der Waals surface area contributed by atoms with Crippen LogP contribution in [0.25, 0.3) is 37.6 Å². The number of hydrogen-bond acceptors (Lipinski definition) is 1. The molecule has 2 heteroatoms. The van der Waals surface area contributed by atoms with Crippen molar-refractivity contribution in [2.75, 3.05) is 0 Å². The minimum absolute atomic E-state index is 0.612. The number of rotatable bonds is 6. The molecule has 4 aromatic carbocycles. The van der Waals surface area contributed by atoms with Crippen LogP contribution in [-0.4, -0.2) is 0 Å². The average molecular weight is 668 g/mol. The fourth-order valence-electron chi connectivity index (χ4n) is 8.10. The monoisotopic (exact) mass is 667 g/mol. The summed E-state index contributed by atoms with van der Waals surface area (Å²) < 4.78 is 0. The molecule has 1 aliphatic heterocycles. The van der Waals surface area contributed by atoms with Gasteiger partial charge in [-0.05, 0) is 108 Å². The van der Waals surface area contributed by atoms with Crippen molar-refractivity contribution in [2.24, 2.45) is 5.92 Å². The van der Waals surface area contributed by atoms with Crippen molar-refractivity contribution in [3.8, 4) is 21.6 Å². The van der Waals surface area contributed by atoms with Gasteiger partial charge >= 0.3 is 0 Å². The number of hydrogen-bond donors (Lipinski definition) is 0. The van der Waals surface area contributed by atoms with E-state index >= 15 is 0 Å². The Labute approximate surface area is 299 Å². The summed E-state index contributed by atoms with van der Waals surface area (Å²) in [6.07, 6.45) is 15.9. The molecule has 1 unspecified atom stereocenters. The van der Waals surface area contributed by atoms with E-state index in [-0.39, 0.29) is 0 Å². The molecule has 0 spiro atoms. The van der Waals surface area contributed by atoms with Crippen LogP contribution in [0.4, 0.5) is 0 Å². The molecule has 0 bridgehead atoms. The van der Waals surface area contributed by atoms with Gasteiger partial charge in [-0.15, -0.1) is 0 Å². The van der Waals surface area contributed by atoms with E-state index in [4.69, 9.17) is 0 Å². The maximum absolute atomic E-state index is 2.67. The van der Waals surface area contributed by atoms with E-state index in [1.165, 1.54) is 77.8 Å².